The van der Waals surface area contributed by atoms with E-state index in [-0.39, 0.29) is 21.8 Å². The minimum Gasteiger partial charge on any atom is -0.478 e. The number of amides is 4. The maximum absolute atomic E-state index is 13.7. The van der Waals surface area contributed by atoms with Crippen molar-refractivity contribution in [1.82, 2.24) is 9.88 Å². The zero-order valence-electron chi connectivity index (χ0n) is 17.9. The summed E-state index contributed by atoms with van der Waals surface area (Å²) in [5.74, 6) is -3.60. The molecule has 172 valence electrons. The van der Waals surface area contributed by atoms with Crippen LogP contribution in [-0.4, -0.2) is 33.5 Å². The molecule has 3 aromatic rings. The van der Waals surface area contributed by atoms with E-state index in [1.54, 1.807) is 30.5 Å². The fraction of sp³-hybridized carbons (Fsp3) is 0.0833. The summed E-state index contributed by atoms with van der Waals surface area (Å²) in [5, 5.41) is 11.6. The van der Waals surface area contributed by atoms with Crippen LogP contribution in [0.1, 0.15) is 27.3 Å². The quantitative estimate of drug-likeness (QED) is 0.427. The van der Waals surface area contributed by atoms with E-state index in [1.807, 2.05) is 0 Å². The summed E-state index contributed by atoms with van der Waals surface area (Å²) < 4.78 is 15.4. The molecule has 0 atom stereocenters. The van der Waals surface area contributed by atoms with Crippen molar-refractivity contribution in [2.75, 3.05) is 4.90 Å². The first-order chi connectivity index (χ1) is 16.1. The third-order valence-corrected chi connectivity index (χ3v) is 5.71. The molecular weight excluding hydrogens is 465 g/mol. The molecule has 0 saturated carbocycles. The summed E-state index contributed by atoms with van der Waals surface area (Å²) in [6, 6.07) is 10.2. The first kappa shape index (κ1) is 22.9. The van der Waals surface area contributed by atoms with E-state index in [1.165, 1.54) is 36.4 Å². The van der Waals surface area contributed by atoms with Gasteiger partial charge in [-0.05, 0) is 68.0 Å². The molecule has 0 bridgehead atoms. The lowest BCUT2D eigenvalue weighted by atomic mass is 10.1. The van der Waals surface area contributed by atoms with E-state index in [2.05, 4.69) is 5.32 Å². The Hall–Kier alpha value is -4.24. The number of nitrogens with zero attached hydrogens (tertiary/aromatic N) is 2. The van der Waals surface area contributed by atoms with Crippen molar-refractivity contribution in [2.24, 2.45) is 0 Å². The van der Waals surface area contributed by atoms with E-state index < -0.39 is 29.6 Å². The predicted molar refractivity (Wildman–Crippen MR) is 123 cm³/mol. The number of anilines is 1. The van der Waals surface area contributed by atoms with Crippen LogP contribution in [0, 0.1) is 19.7 Å². The summed E-state index contributed by atoms with van der Waals surface area (Å²) in [6.45, 7) is 3.50. The number of hydrogen-bond acceptors (Lipinski definition) is 4. The smallest absolute Gasteiger partial charge is 0.337 e. The molecule has 10 heteroatoms. The Morgan fingerprint density at radius 1 is 1.06 bits per heavy atom. The molecule has 1 aliphatic heterocycles. The maximum atomic E-state index is 13.7. The highest BCUT2D eigenvalue weighted by Gasteiger charge is 2.37. The molecule has 1 saturated heterocycles. The molecule has 0 spiro atoms. The van der Waals surface area contributed by atoms with Crippen LogP contribution in [-0.2, 0) is 9.59 Å². The number of carbonyl (C=O) groups excluding carboxylic acids is 3. The van der Waals surface area contributed by atoms with Gasteiger partial charge in [-0.1, -0.05) is 17.7 Å². The van der Waals surface area contributed by atoms with Crippen molar-refractivity contribution in [3.05, 3.63) is 87.5 Å². The summed E-state index contributed by atoms with van der Waals surface area (Å²) in [7, 11) is 0. The molecule has 4 amide bonds. The highest BCUT2D eigenvalue weighted by atomic mass is 35.5. The second kappa shape index (κ2) is 8.60. The maximum Gasteiger partial charge on any atom is 0.337 e. The highest BCUT2D eigenvalue weighted by Crippen LogP contribution is 2.28. The molecule has 0 radical (unpaired) electrons. The largest absolute Gasteiger partial charge is 0.478 e. The van der Waals surface area contributed by atoms with E-state index in [9.17, 15) is 28.7 Å². The van der Waals surface area contributed by atoms with Crippen molar-refractivity contribution in [3.8, 4) is 5.69 Å². The molecule has 0 aliphatic carbocycles. The van der Waals surface area contributed by atoms with E-state index in [4.69, 9.17) is 11.6 Å². The van der Waals surface area contributed by atoms with Gasteiger partial charge >= 0.3 is 12.0 Å². The molecule has 0 unspecified atom stereocenters. The molecule has 2 N–H and O–H groups in total. The lowest BCUT2D eigenvalue weighted by molar-refractivity contribution is -0.122. The third kappa shape index (κ3) is 3.97. The van der Waals surface area contributed by atoms with Crippen LogP contribution in [0.15, 0.2) is 54.1 Å². The number of carboxylic acid groups (broad SMARTS) is 1. The van der Waals surface area contributed by atoms with Crippen LogP contribution >= 0.6 is 11.6 Å². The molecule has 4 rings (SSSR count). The molecule has 1 aromatic heterocycles. The minimum absolute atomic E-state index is 0.0197. The minimum atomic E-state index is -1.18. The first-order valence-electron chi connectivity index (χ1n) is 9.97. The molecular formula is C24H17ClFN3O5. The Bertz CT molecular complexity index is 1430. The van der Waals surface area contributed by atoms with Crippen molar-refractivity contribution in [2.45, 2.75) is 13.8 Å². The van der Waals surface area contributed by atoms with Crippen LogP contribution in [0.4, 0.5) is 14.9 Å². The average Bonchev–Trinajstić information content (AvgIpc) is 3.04. The molecule has 8 nitrogen and oxygen atoms in total. The third-order valence-electron chi connectivity index (χ3n) is 5.38. The Morgan fingerprint density at radius 3 is 2.47 bits per heavy atom. The summed E-state index contributed by atoms with van der Waals surface area (Å²) in [6.07, 6.45) is 1.34. The number of urea groups is 1. The van der Waals surface area contributed by atoms with Crippen molar-refractivity contribution < 1.29 is 28.7 Å². The molecule has 1 fully saturated rings. The molecule has 1 aliphatic rings. The SMILES string of the molecule is Cc1cc(/C=C2\C(=O)NC(=O)N(c3cccc(F)c3)C2=O)c(C)n1-c1ccc(Cl)c(C(=O)O)c1. The van der Waals surface area contributed by atoms with Gasteiger partial charge in [-0.2, -0.15) is 0 Å². The van der Waals surface area contributed by atoms with Crippen LogP contribution in [0.2, 0.25) is 5.02 Å². The number of benzene rings is 2. The summed E-state index contributed by atoms with van der Waals surface area (Å²) in [4.78, 5) is 50.0. The zero-order valence-corrected chi connectivity index (χ0v) is 18.7. The fourth-order valence-electron chi connectivity index (χ4n) is 3.81. The normalized spacial score (nSPS) is 15.1. The number of imide groups is 2. The number of rotatable bonds is 4. The van der Waals surface area contributed by atoms with E-state index in [0.29, 0.717) is 27.5 Å². The number of aromatic carboxylic acids is 1. The van der Waals surface area contributed by atoms with Crippen molar-refractivity contribution in [1.29, 1.82) is 0 Å². The monoisotopic (exact) mass is 481 g/mol. The van der Waals surface area contributed by atoms with Gasteiger partial charge in [0.05, 0.1) is 16.3 Å². The number of carboxylic acids is 1. The standard InChI is InChI=1S/C24H17ClFN3O5/c1-12-8-14(13(2)28(12)17-6-7-20(25)18(11-17)23(32)33)9-19-21(30)27-24(34)29(22(19)31)16-5-3-4-15(26)10-16/h3-11H,1-2H3,(H,32,33)(H,27,30,34)/b19-9+. The van der Waals surface area contributed by atoms with Gasteiger partial charge in [-0.3, -0.25) is 14.9 Å². The number of aromatic nitrogens is 1. The van der Waals surface area contributed by atoms with Crippen molar-refractivity contribution >= 4 is 47.2 Å². The molecule has 2 heterocycles. The van der Waals surface area contributed by atoms with Gasteiger partial charge in [0, 0.05) is 17.1 Å². The Morgan fingerprint density at radius 2 is 1.79 bits per heavy atom. The van der Waals surface area contributed by atoms with Crippen LogP contribution in [0.3, 0.4) is 0 Å². The van der Waals surface area contributed by atoms with Crippen LogP contribution in [0.25, 0.3) is 11.8 Å². The number of nitrogens with one attached hydrogen (secondary N) is 1. The van der Waals surface area contributed by atoms with Gasteiger partial charge in [0.25, 0.3) is 11.8 Å². The Labute approximate surface area is 197 Å². The number of carbonyl (C=O) groups is 4. The van der Waals surface area contributed by atoms with Gasteiger partial charge < -0.3 is 9.67 Å². The van der Waals surface area contributed by atoms with Gasteiger partial charge in [0.1, 0.15) is 11.4 Å². The first-order valence-corrected chi connectivity index (χ1v) is 10.4. The molecule has 2 aromatic carbocycles. The lowest BCUT2D eigenvalue weighted by Gasteiger charge is -2.26. The number of aryl methyl sites for hydroxylation is 1. The number of halogens is 2. The number of hydrogen-bond donors (Lipinski definition) is 2. The predicted octanol–water partition coefficient (Wildman–Crippen LogP) is 4.25. The van der Waals surface area contributed by atoms with Crippen molar-refractivity contribution in [3.63, 3.8) is 0 Å². The number of barbiturate groups is 1. The zero-order chi connectivity index (χ0) is 24.7. The topological polar surface area (TPSA) is 109 Å². The average molecular weight is 482 g/mol. The summed E-state index contributed by atoms with van der Waals surface area (Å²) in [5.41, 5.74) is 1.93. The fourth-order valence-corrected chi connectivity index (χ4v) is 4.01. The second-order valence-corrected chi connectivity index (χ2v) is 7.98. The van der Waals surface area contributed by atoms with E-state index >= 15 is 0 Å². The van der Waals surface area contributed by atoms with E-state index in [0.717, 1.165) is 6.07 Å². The van der Waals surface area contributed by atoms with Gasteiger partial charge in [0.15, 0.2) is 0 Å². The highest BCUT2D eigenvalue weighted by molar-refractivity contribution is 6.39. The van der Waals surface area contributed by atoms with Gasteiger partial charge in [0.2, 0.25) is 0 Å². The van der Waals surface area contributed by atoms with Gasteiger partial charge in [-0.25, -0.2) is 18.9 Å². The van der Waals surface area contributed by atoms with Crippen LogP contribution < -0.4 is 10.2 Å². The molecule has 34 heavy (non-hydrogen) atoms. The van der Waals surface area contributed by atoms with Crippen LogP contribution in [0.5, 0.6) is 0 Å². The summed E-state index contributed by atoms with van der Waals surface area (Å²) >= 11 is 5.97. The van der Waals surface area contributed by atoms with Gasteiger partial charge in [-0.15, -0.1) is 0 Å². The Balaban J connectivity index is 1.78. The Kier molecular flexibility index (Phi) is 5.80. The second-order valence-electron chi connectivity index (χ2n) is 7.57. The lowest BCUT2D eigenvalue weighted by Crippen LogP contribution is -2.54.